The van der Waals surface area contributed by atoms with E-state index < -0.39 is 0 Å². The van der Waals surface area contributed by atoms with Crippen LogP contribution in [0.4, 0.5) is 0 Å². The van der Waals surface area contributed by atoms with Crippen molar-refractivity contribution < 1.29 is 5.11 Å². The molecule has 3 nitrogen and oxygen atoms in total. The van der Waals surface area contributed by atoms with E-state index in [0.717, 1.165) is 12.1 Å². The molecule has 1 saturated carbocycles. The first-order valence-corrected chi connectivity index (χ1v) is 7.39. The molecule has 1 aliphatic carbocycles. The summed E-state index contributed by atoms with van der Waals surface area (Å²) in [7, 11) is 0. The molecule has 1 aromatic rings. The van der Waals surface area contributed by atoms with Crippen LogP contribution in [0, 0.1) is 5.92 Å². The van der Waals surface area contributed by atoms with E-state index in [1.54, 1.807) is 0 Å². The molecule has 1 atom stereocenters. The fraction of sp³-hybridized carbons (Fsp3) is 0.733. The number of hydrogen-bond acceptors (Lipinski definition) is 2. The molecule has 1 unspecified atom stereocenters. The topological polar surface area (TPSA) is 28.4 Å². The Kier molecular flexibility index (Phi) is 3.71. The molecular weight excluding hydrogens is 224 g/mol. The maximum atomic E-state index is 10.1. The molecule has 3 rings (SSSR count). The third-order valence-corrected chi connectivity index (χ3v) is 4.27. The van der Waals surface area contributed by atoms with Crippen LogP contribution in [0.15, 0.2) is 18.5 Å². The molecule has 1 aliphatic heterocycles. The summed E-state index contributed by atoms with van der Waals surface area (Å²) in [6, 6.07) is 2.08. The van der Waals surface area contributed by atoms with Crippen molar-refractivity contribution >= 4 is 0 Å². The molecule has 1 saturated heterocycles. The van der Waals surface area contributed by atoms with E-state index in [1.807, 2.05) is 0 Å². The minimum absolute atomic E-state index is 0.218. The molecular formula is C15H24N2O. The second-order valence-electron chi connectivity index (χ2n) is 5.87. The van der Waals surface area contributed by atoms with Crippen LogP contribution in [0.2, 0.25) is 0 Å². The lowest BCUT2D eigenvalue weighted by molar-refractivity contribution is 0.154. The van der Waals surface area contributed by atoms with Crippen LogP contribution in [0.25, 0.3) is 0 Å². The highest BCUT2D eigenvalue weighted by Gasteiger charge is 2.31. The molecule has 0 bridgehead atoms. The van der Waals surface area contributed by atoms with Gasteiger partial charge in [0, 0.05) is 18.9 Å². The highest BCUT2D eigenvalue weighted by Crippen LogP contribution is 2.40. The number of aryl methyl sites for hydroxylation is 1. The van der Waals surface area contributed by atoms with Crippen molar-refractivity contribution in [2.45, 2.75) is 44.8 Å². The zero-order chi connectivity index (χ0) is 12.4. The van der Waals surface area contributed by atoms with E-state index in [1.165, 1.54) is 51.7 Å². The Morgan fingerprint density at radius 1 is 1.22 bits per heavy atom. The summed E-state index contributed by atoms with van der Waals surface area (Å²) in [4.78, 5) is 2.56. The van der Waals surface area contributed by atoms with Crippen molar-refractivity contribution in [1.82, 2.24) is 9.47 Å². The lowest BCUT2D eigenvalue weighted by Gasteiger charge is -2.14. The van der Waals surface area contributed by atoms with Gasteiger partial charge >= 0.3 is 0 Å². The third-order valence-electron chi connectivity index (χ3n) is 4.27. The smallest absolute Gasteiger partial charge is 0.0832 e. The molecule has 2 aliphatic rings. The Morgan fingerprint density at radius 2 is 2.00 bits per heavy atom. The minimum Gasteiger partial charge on any atom is -0.388 e. The predicted octanol–water partition coefficient (Wildman–Crippen LogP) is 2.42. The van der Waals surface area contributed by atoms with E-state index in [2.05, 4.69) is 27.9 Å². The normalized spacial score (nSPS) is 22.5. The average molecular weight is 248 g/mol. The van der Waals surface area contributed by atoms with Crippen LogP contribution in [0.3, 0.4) is 0 Å². The summed E-state index contributed by atoms with van der Waals surface area (Å²) < 4.78 is 2.23. The van der Waals surface area contributed by atoms with Gasteiger partial charge in [-0.2, -0.15) is 0 Å². The number of rotatable bonds is 6. The molecule has 0 radical (unpaired) electrons. The molecule has 100 valence electrons. The average Bonchev–Trinajstić information content (AvgIpc) is 2.90. The molecule has 1 aromatic heterocycles. The van der Waals surface area contributed by atoms with Gasteiger partial charge in [0.15, 0.2) is 0 Å². The van der Waals surface area contributed by atoms with Crippen molar-refractivity contribution in [2.24, 2.45) is 5.92 Å². The van der Waals surface area contributed by atoms with Gasteiger partial charge in [-0.1, -0.05) is 0 Å². The van der Waals surface area contributed by atoms with Crippen LogP contribution in [-0.4, -0.2) is 34.2 Å². The van der Waals surface area contributed by atoms with Crippen molar-refractivity contribution in [3.63, 3.8) is 0 Å². The highest BCUT2D eigenvalue weighted by molar-refractivity contribution is 5.16. The maximum Gasteiger partial charge on any atom is 0.0832 e. The van der Waals surface area contributed by atoms with Crippen molar-refractivity contribution in [2.75, 3.05) is 19.6 Å². The van der Waals surface area contributed by atoms with Gasteiger partial charge in [-0.3, -0.25) is 0 Å². The monoisotopic (exact) mass is 248 g/mol. The van der Waals surface area contributed by atoms with Gasteiger partial charge in [0.2, 0.25) is 0 Å². The number of aliphatic hydroxyl groups excluding tert-OH is 1. The van der Waals surface area contributed by atoms with Gasteiger partial charge < -0.3 is 14.6 Å². The van der Waals surface area contributed by atoms with Gasteiger partial charge in [-0.25, -0.2) is 0 Å². The first kappa shape index (κ1) is 12.2. The predicted molar refractivity (Wildman–Crippen MR) is 72.4 cm³/mol. The molecule has 2 fully saturated rings. The summed E-state index contributed by atoms with van der Waals surface area (Å²) in [5.74, 6) is 0.533. The number of aromatic nitrogens is 1. The second-order valence-corrected chi connectivity index (χ2v) is 5.87. The largest absolute Gasteiger partial charge is 0.388 e. The molecule has 1 N–H and O–H groups in total. The van der Waals surface area contributed by atoms with Gasteiger partial charge in [-0.05, 0) is 69.3 Å². The number of hydrogen-bond donors (Lipinski definition) is 1. The van der Waals surface area contributed by atoms with Crippen LogP contribution in [0.1, 0.15) is 43.8 Å². The summed E-state index contributed by atoms with van der Waals surface area (Å²) in [5, 5.41) is 10.1. The quantitative estimate of drug-likeness (QED) is 0.837. The summed E-state index contributed by atoms with van der Waals surface area (Å²) in [6.45, 7) is 4.88. The number of nitrogens with zero attached hydrogens (tertiary/aromatic N) is 2. The first-order valence-electron chi connectivity index (χ1n) is 7.39. The van der Waals surface area contributed by atoms with Gasteiger partial charge in [0.1, 0.15) is 0 Å². The zero-order valence-corrected chi connectivity index (χ0v) is 11.1. The van der Waals surface area contributed by atoms with Gasteiger partial charge in [-0.15, -0.1) is 0 Å². The minimum atomic E-state index is -0.218. The Hall–Kier alpha value is -0.800. The fourth-order valence-corrected chi connectivity index (χ4v) is 2.94. The Labute approximate surface area is 109 Å². The summed E-state index contributed by atoms with van der Waals surface area (Å²) in [5.41, 5.74) is 1.11. The second kappa shape index (κ2) is 5.45. The molecule has 18 heavy (non-hydrogen) atoms. The summed E-state index contributed by atoms with van der Waals surface area (Å²) >= 11 is 0. The molecule has 0 spiro atoms. The lowest BCUT2D eigenvalue weighted by Crippen LogP contribution is -2.21. The molecule has 2 heterocycles. The van der Waals surface area contributed by atoms with Crippen LogP contribution in [0.5, 0.6) is 0 Å². The van der Waals surface area contributed by atoms with Crippen molar-refractivity contribution in [3.8, 4) is 0 Å². The molecule has 0 amide bonds. The highest BCUT2D eigenvalue weighted by atomic mass is 16.3. The fourth-order valence-electron chi connectivity index (χ4n) is 2.94. The summed E-state index contributed by atoms with van der Waals surface area (Å²) in [6.07, 6.45) is 10.4. The van der Waals surface area contributed by atoms with E-state index >= 15 is 0 Å². The van der Waals surface area contributed by atoms with E-state index in [0.29, 0.717) is 5.92 Å². The van der Waals surface area contributed by atoms with Crippen LogP contribution >= 0.6 is 0 Å². The van der Waals surface area contributed by atoms with Crippen LogP contribution in [-0.2, 0) is 6.54 Å². The SMILES string of the molecule is OC(c1ccn(CCCN2CCCC2)c1)C1CC1. The number of aliphatic hydroxyl groups is 1. The van der Waals surface area contributed by atoms with E-state index in [4.69, 9.17) is 0 Å². The maximum absolute atomic E-state index is 10.1. The van der Waals surface area contributed by atoms with Gasteiger partial charge in [0.25, 0.3) is 0 Å². The lowest BCUT2D eigenvalue weighted by atomic mass is 10.1. The van der Waals surface area contributed by atoms with E-state index in [-0.39, 0.29) is 6.10 Å². The Morgan fingerprint density at radius 3 is 2.72 bits per heavy atom. The third kappa shape index (κ3) is 2.96. The van der Waals surface area contributed by atoms with E-state index in [9.17, 15) is 5.11 Å². The molecule has 3 heteroatoms. The van der Waals surface area contributed by atoms with Crippen molar-refractivity contribution in [3.05, 3.63) is 24.0 Å². The van der Waals surface area contributed by atoms with Crippen LogP contribution < -0.4 is 0 Å². The molecule has 0 aromatic carbocycles. The first-order chi connectivity index (χ1) is 8.83. The Bertz CT molecular complexity index is 378. The zero-order valence-electron chi connectivity index (χ0n) is 11.1. The standard InChI is InChI=1S/C15H24N2O/c18-15(13-4-5-13)14-6-11-17(12-14)10-3-9-16-7-1-2-8-16/h6,11-13,15,18H,1-5,7-10H2. The Balaban J connectivity index is 1.44. The van der Waals surface area contributed by atoms with Gasteiger partial charge in [0.05, 0.1) is 6.10 Å². The number of likely N-dealkylation sites (tertiary alicyclic amines) is 1. The van der Waals surface area contributed by atoms with Crippen molar-refractivity contribution in [1.29, 1.82) is 0 Å².